The number of rotatable bonds is 5. The highest BCUT2D eigenvalue weighted by Gasteiger charge is 2.33. The van der Waals surface area contributed by atoms with Gasteiger partial charge in [-0.2, -0.15) is 13.2 Å². The SMILES string of the molecule is Cc1ccc2c(c1)c1ccccc1n2-c1ccc(-c2nc(C)nc(C)n2)cc1-c1cc(-c2ccccc2C(F)(F)F)ccc1-n1c2ccccc2c2cc(C)ccc21. The van der Waals surface area contributed by atoms with E-state index in [0.29, 0.717) is 23.0 Å². The van der Waals surface area contributed by atoms with Crippen LogP contribution in [0, 0.1) is 27.7 Å². The third-order valence-corrected chi connectivity index (χ3v) is 11.1. The first kappa shape index (κ1) is 35.4. The van der Waals surface area contributed by atoms with Crippen molar-refractivity contribution in [1.82, 2.24) is 24.1 Å². The molecular weight excluding hydrogens is 728 g/mol. The molecule has 0 saturated carbocycles. The summed E-state index contributed by atoms with van der Waals surface area (Å²) in [4.78, 5) is 13.9. The van der Waals surface area contributed by atoms with Crippen LogP contribution >= 0.6 is 0 Å². The third-order valence-electron chi connectivity index (χ3n) is 11.1. The molecule has 0 amide bonds. The van der Waals surface area contributed by atoms with E-state index in [1.165, 1.54) is 6.07 Å². The Morgan fingerprint density at radius 1 is 0.414 bits per heavy atom. The van der Waals surface area contributed by atoms with Crippen LogP contribution in [0.2, 0.25) is 0 Å². The maximum absolute atomic E-state index is 14.7. The molecule has 5 nitrogen and oxygen atoms in total. The summed E-state index contributed by atoms with van der Waals surface area (Å²) in [7, 11) is 0. The van der Waals surface area contributed by atoms with E-state index in [1.807, 2.05) is 62.4 Å². The van der Waals surface area contributed by atoms with Crippen LogP contribution in [-0.4, -0.2) is 24.1 Å². The first-order valence-corrected chi connectivity index (χ1v) is 19.2. The zero-order valence-corrected chi connectivity index (χ0v) is 32.2. The minimum Gasteiger partial charge on any atom is -0.309 e. The van der Waals surface area contributed by atoms with Crippen molar-refractivity contribution in [3.8, 4) is 45.0 Å². The Bertz CT molecular complexity index is 3260. The molecule has 10 rings (SSSR count). The largest absolute Gasteiger partial charge is 0.417 e. The molecular formula is C50H36F3N5. The summed E-state index contributed by atoms with van der Waals surface area (Å²) >= 11 is 0. The number of hydrogen-bond donors (Lipinski definition) is 0. The lowest BCUT2D eigenvalue weighted by atomic mass is 9.92. The lowest BCUT2D eigenvalue weighted by molar-refractivity contribution is -0.137. The van der Waals surface area contributed by atoms with Crippen molar-refractivity contribution < 1.29 is 13.2 Å². The molecule has 0 aliphatic rings. The second-order valence-corrected chi connectivity index (χ2v) is 15.0. The van der Waals surface area contributed by atoms with Gasteiger partial charge in [-0.1, -0.05) is 83.9 Å². The highest BCUT2D eigenvalue weighted by Crippen LogP contribution is 2.45. The van der Waals surface area contributed by atoms with Gasteiger partial charge in [0, 0.05) is 38.2 Å². The number of fused-ring (bicyclic) bond motifs is 6. The predicted octanol–water partition coefficient (Wildman–Crippen LogP) is 13.3. The predicted molar refractivity (Wildman–Crippen MR) is 229 cm³/mol. The summed E-state index contributed by atoms with van der Waals surface area (Å²) in [6, 6.07) is 47.2. The molecule has 10 aromatic rings. The van der Waals surface area contributed by atoms with Crippen LogP contribution in [0.3, 0.4) is 0 Å². The summed E-state index contributed by atoms with van der Waals surface area (Å²) in [5, 5.41) is 4.39. The minimum atomic E-state index is -4.55. The highest BCUT2D eigenvalue weighted by molar-refractivity contribution is 6.12. The van der Waals surface area contributed by atoms with Crippen molar-refractivity contribution in [3.05, 3.63) is 174 Å². The van der Waals surface area contributed by atoms with Gasteiger partial charge in [0.2, 0.25) is 0 Å². The average molecular weight is 764 g/mol. The van der Waals surface area contributed by atoms with Crippen LogP contribution in [0.5, 0.6) is 0 Å². The minimum absolute atomic E-state index is 0.106. The molecule has 0 aliphatic carbocycles. The van der Waals surface area contributed by atoms with E-state index in [4.69, 9.17) is 9.97 Å². The van der Waals surface area contributed by atoms with E-state index in [2.05, 4.69) is 101 Å². The standard InChI is InChI=1S/C50H36F3N5/c1-29-17-21-45-38(25-29)36-12-6-9-15-43(36)57(45)47-23-19-33(35-11-5-8-14-42(35)50(51,52)53)27-40(47)41-28-34(49-55-31(3)54-32(4)56-49)20-24-48(41)58-44-16-10-7-13-37(44)39-26-30(2)18-22-46(39)58/h5-28H,1-4H3. The molecule has 0 aliphatic heterocycles. The lowest BCUT2D eigenvalue weighted by Gasteiger charge is -2.21. The molecule has 0 fully saturated rings. The molecule has 0 radical (unpaired) electrons. The van der Waals surface area contributed by atoms with Gasteiger partial charge in [0.1, 0.15) is 11.6 Å². The van der Waals surface area contributed by atoms with Gasteiger partial charge in [-0.3, -0.25) is 0 Å². The number of halogens is 3. The van der Waals surface area contributed by atoms with E-state index in [1.54, 1.807) is 12.1 Å². The number of benzene rings is 7. The zero-order chi connectivity index (χ0) is 39.9. The number of alkyl halides is 3. The number of para-hydroxylation sites is 2. The molecule has 0 unspecified atom stereocenters. The van der Waals surface area contributed by atoms with Crippen molar-refractivity contribution >= 4 is 43.6 Å². The van der Waals surface area contributed by atoms with Gasteiger partial charge in [0.05, 0.1) is 39.0 Å². The van der Waals surface area contributed by atoms with Crippen molar-refractivity contribution in [2.75, 3.05) is 0 Å². The molecule has 8 heteroatoms. The number of aryl methyl sites for hydroxylation is 4. The molecule has 0 bridgehead atoms. The first-order chi connectivity index (χ1) is 28.0. The molecule has 0 saturated heterocycles. The fourth-order valence-corrected chi connectivity index (χ4v) is 8.62. The summed E-state index contributed by atoms with van der Waals surface area (Å²) in [5.74, 6) is 1.71. The zero-order valence-electron chi connectivity index (χ0n) is 32.2. The van der Waals surface area contributed by atoms with E-state index >= 15 is 0 Å². The van der Waals surface area contributed by atoms with Crippen molar-refractivity contribution in [2.24, 2.45) is 0 Å². The van der Waals surface area contributed by atoms with Crippen molar-refractivity contribution in [3.63, 3.8) is 0 Å². The molecule has 7 aromatic carbocycles. The van der Waals surface area contributed by atoms with Gasteiger partial charge in [0.15, 0.2) is 5.82 Å². The van der Waals surface area contributed by atoms with Gasteiger partial charge < -0.3 is 9.13 Å². The Morgan fingerprint density at radius 3 is 1.43 bits per heavy atom. The van der Waals surface area contributed by atoms with E-state index in [-0.39, 0.29) is 5.56 Å². The van der Waals surface area contributed by atoms with Crippen LogP contribution in [0.15, 0.2) is 146 Å². The van der Waals surface area contributed by atoms with Gasteiger partial charge in [0.25, 0.3) is 0 Å². The topological polar surface area (TPSA) is 48.5 Å². The van der Waals surface area contributed by atoms with Crippen molar-refractivity contribution in [1.29, 1.82) is 0 Å². The Kier molecular flexibility index (Phi) is 8.09. The normalized spacial score (nSPS) is 12.1. The van der Waals surface area contributed by atoms with Crippen LogP contribution in [0.25, 0.3) is 88.6 Å². The molecule has 282 valence electrons. The molecule has 0 spiro atoms. The Morgan fingerprint density at radius 2 is 0.879 bits per heavy atom. The van der Waals surface area contributed by atoms with Gasteiger partial charge in [-0.25, -0.2) is 15.0 Å². The van der Waals surface area contributed by atoms with Crippen LogP contribution in [-0.2, 0) is 6.18 Å². The fraction of sp³-hybridized carbons (Fsp3) is 0.100. The number of hydrogen-bond acceptors (Lipinski definition) is 3. The van der Waals surface area contributed by atoms with Gasteiger partial charge in [-0.05, 0) is 112 Å². The van der Waals surface area contributed by atoms with E-state index in [0.717, 1.165) is 88.9 Å². The smallest absolute Gasteiger partial charge is 0.309 e. The summed E-state index contributed by atoms with van der Waals surface area (Å²) < 4.78 is 48.6. The Labute approximate surface area is 332 Å². The highest BCUT2D eigenvalue weighted by atomic mass is 19.4. The van der Waals surface area contributed by atoms with Crippen LogP contribution in [0.4, 0.5) is 13.2 Å². The third kappa shape index (κ3) is 5.74. The van der Waals surface area contributed by atoms with Gasteiger partial charge in [-0.15, -0.1) is 0 Å². The summed E-state index contributed by atoms with van der Waals surface area (Å²) in [6.45, 7) is 7.86. The molecule has 3 aromatic heterocycles. The maximum Gasteiger partial charge on any atom is 0.417 e. The quantitative estimate of drug-likeness (QED) is 0.175. The first-order valence-electron chi connectivity index (χ1n) is 19.2. The second-order valence-electron chi connectivity index (χ2n) is 15.0. The van der Waals surface area contributed by atoms with Crippen LogP contribution in [0.1, 0.15) is 28.3 Å². The molecule has 0 atom stereocenters. The van der Waals surface area contributed by atoms with E-state index in [9.17, 15) is 13.2 Å². The summed E-state index contributed by atoms with van der Waals surface area (Å²) in [6.07, 6.45) is -4.55. The molecule has 0 N–H and O–H groups in total. The second kappa shape index (κ2) is 13.3. The molecule has 3 heterocycles. The summed E-state index contributed by atoms with van der Waals surface area (Å²) in [5.41, 5.74) is 10.1. The number of aromatic nitrogens is 5. The van der Waals surface area contributed by atoms with E-state index < -0.39 is 11.7 Å². The maximum atomic E-state index is 14.7. The van der Waals surface area contributed by atoms with Gasteiger partial charge >= 0.3 is 6.18 Å². The molecule has 58 heavy (non-hydrogen) atoms. The van der Waals surface area contributed by atoms with Crippen molar-refractivity contribution in [2.45, 2.75) is 33.9 Å². The fourth-order valence-electron chi connectivity index (χ4n) is 8.62. The lowest BCUT2D eigenvalue weighted by Crippen LogP contribution is -2.07. The Balaban J connectivity index is 1.37. The number of nitrogens with zero attached hydrogens (tertiary/aromatic N) is 5. The average Bonchev–Trinajstić information content (AvgIpc) is 3.71. The monoisotopic (exact) mass is 763 g/mol. The Hall–Kier alpha value is -7.06. The van der Waals surface area contributed by atoms with Crippen LogP contribution < -0.4 is 0 Å².